The lowest BCUT2D eigenvalue weighted by molar-refractivity contribution is -0.115. The monoisotopic (exact) mass is 386 g/mol. The number of carbonyl (C=O) groups excluding carboxylic acids is 1. The molecule has 1 amide bonds. The van der Waals surface area contributed by atoms with Gasteiger partial charge in [0.15, 0.2) is 0 Å². The molecule has 0 fully saturated rings. The van der Waals surface area contributed by atoms with E-state index in [0.717, 1.165) is 4.88 Å². The van der Waals surface area contributed by atoms with E-state index in [1.165, 1.54) is 0 Å². The highest BCUT2D eigenvalue weighted by molar-refractivity contribution is 7.13. The molecular formula is C20H22N2O4S. The van der Waals surface area contributed by atoms with Crippen LogP contribution in [0.2, 0.25) is 0 Å². The molecule has 142 valence electrons. The Morgan fingerprint density at radius 1 is 1.22 bits per heavy atom. The van der Waals surface area contributed by atoms with Crippen LogP contribution in [0.4, 0.5) is 5.69 Å². The van der Waals surface area contributed by atoms with Crippen molar-refractivity contribution in [3.8, 4) is 22.3 Å². The molecule has 1 aromatic carbocycles. The molecule has 0 bridgehead atoms. The number of oxazole rings is 1. The number of benzene rings is 1. The van der Waals surface area contributed by atoms with E-state index >= 15 is 0 Å². The van der Waals surface area contributed by atoms with E-state index in [1.54, 1.807) is 23.5 Å². The van der Waals surface area contributed by atoms with Gasteiger partial charge in [0.1, 0.15) is 17.3 Å². The van der Waals surface area contributed by atoms with E-state index < -0.39 is 0 Å². The molecule has 3 rings (SSSR count). The third-order valence-electron chi connectivity index (χ3n) is 3.79. The maximum atomic E-state index is 12.6. The molecule has 0 aliphatic carbocycles. The highest BCUT2D eigenvalue weighted by Crippen LogP contribution is 2.30. The van der Waals surface area contributed by atoms with Crippen LogP contribution in [0.25, 0.3) is 10.8 Å². The molecule has 0 unspecified atom stereocenters. The molecule has 0 spiro atoms. The van der Waals surface area contributed by atoms with Crippen molar-refractivity contribution >= 4 is 22.9 Å². The number of rotatable bonds is 8. The van der Waals surface area contributed by atoms with Crippen LogP contribution in [0.3, 0.4) is 0 Å². The largest absolute Gasteiger partial charge is 0.494 e. The van der Waals surface area contributed by atoms with Crippen LogP contribution in [0.5, 0.6) is 11.5 Å². The number of nitrogens with one attached hydrogen (secondary N) is 1. The fourth-order valence-corrected chi connectivity index (χ4v) is 3.24. The average molecular weight is 386 g/mol. The summed E-state index contributed by atoms with van der Waals surface area (Å²) in [5.74, 6) is 2.26. The van der Waals surface area contributed by atoms with Crippen LogP contribution in [-0.2, 0) is 11.2 Å². The molecule has 0 atom stereocenters. The first-order valence-electron chi connectivity index (χ1n) is 8.80. The van der Waals surface area contributed by atoms with Gasteiger partial charge < -0.3 is 19.2 Å². The molecule has 2 aromatic heterocycles. The van der Waals surface area contributed by atoms with E-state index in [4.69, 9.17) is 13.9 Å². The molecule has 0 aliphatic heterocycles. The molecule has 0 saturated carbocycles. The van der Waals surface area contributed by atoms with Crippen LogP contribution < -0.4 is 14.8 Å². The summed E-state index contributed by atoms with van der Waals surface area (Å²) in [5, 5.41) is 4.85. The standard InChI is InChI=1S/C20H22N2O4S/c1-4-24-14-8-9-17(25-5-2)16(11-14)21-19(23)12-15-13(3)26-20(22-15)18-7-6-10-27-18/h6-11H,4-5,12H2,1-3H3,(H,21,23). The number of carbonyl (C=O) groups is 1. The summed E-state index contributed by atoms with van der Waals surface area (Å²) in [7, 11) is 0. The van der Waals surface area contributed by atoms with Crippen LogP contribution in [0.1, 0.15) is 25.3 Å². The Bertz CT molecular complexity index is 903. The zero-order valence-corrected chi connectivity index (χ0v) is 16.4. The topological polar surface area (TPSA) is 73.6 Å². The molecule has 0 aliphatic rings. The molecule has 2 heterocycles. The number of aromatic nitrogens is 1. The second-order valence-electron chi connectivity index (χ2n) is 5.75. The number of ether oxygens (including phenoxy) is 2. The smallest absolute Gasteiger partial charge is 0.236 e. The lowest BCUT2D eigenvalue weighted by Crippen LogP contribution is -2.16. The third-order valence-corrected chi connectivity index (χ3v) is 4.65. The van der Waals surface area contributed by atoms with Crippen molar-refractivity contribution in [1.82, 2.24) is 4.98 Å². The molecule has 0 radical (unpaired) electrons. The maximum absolute atomic E-state index is 12.6. The van der Waals surface area contributed by atoms with Crippen LogP contribution in [-0.4, -0.2) is 24.1 Å². The van der Waals surface area contributed by atoms with Gasteiger partial charge in [0.05, 0.1) is 35.9 Å². The number of hydrogen-bond acceptors (Lipinski definition) is 6. The van der Waals surface area contributed by atoms with Gasteiger partial charge in [-0.05, 0) is 44.4 Å². The summed E-state index contributed by atoms with van der Waals surface area (Å²) in [4.78, 5) is 18.0. The van der Waals surface area contributed by atoms with Crippen molar-refractivity contribution in [2.45, 2.75) is 27.2 Å². The third kappa shape index (κ3) is 4.68. The molecular weight excluding hydrogens is 364 g/mol. The van der Waals surface area contributed by atoms with Crippen molar-refractivity contribution < 1.29 is 18.7 Å². The van der Waals surface area contributed by atoms with Crippen LogP contribution >= 0.6 is 11.3 Å². The summed E-state index contributed by atoms with van der Waals surface area (Å²) in [6.45, 7) is 6.67. The molecule has 27 heavy (non-hydrogen) atoms. The maximum Gasteiger partial charge on any atom is 0.236 e. The first-order valence-corrected chi connectivity index (χ1v) is 9.68. The lowest BCUT2D eigenvalue weighted by atomic mass is 10.2. The zero-order chi connectivity index (χ0) is 19.2. The summed E-state index contributed by atoms with van der Waals surface area (Å²) in [6, 6.07) is 9.25. The van der Waals surface area contributed by atoms with Crippen molar-refractivity contribution in [3.63, 3.8) is 0 Å². The molecule has 3 aromatic rings. The minimum absolute atomic E-state index is 0.116. The van der Waals surface area contributed by atoms with Gasteiger partial charge in [0, 0.05) is 6.07 Å². The number of thiophene rings is 1. The van der Waals surface area contributed by atoms with Crippen molar-refractivity contribution in [1.29, 1.82) is 0 Å². The van der Waals surface area contributed by atoms with E-state index in [-0.39, 0.29) is 12.3 Å². The number of nitrogens with zero attached hydrogens (tertiary/aromatic N) is 1. The number of hydrogen-bond donors (Lipinski definition) is 1. The number of aryl methyl sites for hydroxylation is 1. The van der Waals surface area contributed by atoms with E-state index in [9.17, 15) is 4.79 Å². The van der Waals surface area contributed by atoms with Crippen LogP contribution in [0.15, 0.2) is 40.1 Å². The number of amides is 1. The highest BCUT2D eigenvalue weighted by Gasteiger charge is 2.17. The second kappa shape index (κ2) is 8.73. The summed E-state index contributed by atoms with van der Waals surface area (Å²) < 4.78 is 16.8. The van der Waals surface area contributed by atoms with Gasteiger partial charge in [-0.2, -0.15) is 0 Å². The van der Waals surface area contributed by atoms with E-state index in [0.29, 0.717) is 47.7 Å². The average Bonchev–Trinajstić information content (AvgIpc) is 3.28. The molecule has 7 heteroatoms. The fourth-order valence-electron chi connectivity index (χ4n) is 2.59. The van der Waals surface area contributed by atoms with Gasteiger partial charge in [-0.15, -0.1) is 11.3 Å². The Labute approximate surface area is 162 Å². The van der Waals surface area contributed by atoms with Gasteiger partial charge in [-0.25, -0.2) is 4.98 Å². The lowest BCUT2D eigenvalue weighted by Gasteiger charge is -2.13. The Morgan fingerprint density at radius 3 is 2.74 bits per heavy atom. The summed E-state index contributed by atoms with van der Waals surface area (Å²) in [6.07, 6.45) is 0.116. The van der Waals surface area contributed by atoms with Gasteiger partial charge in [-0.1, -0.05) is 6.07 Å². The fraction of sp³-hybridized carbons (Fsp3) is 0.300. The van der Waals surface area contributed by atoms with E-state index in [2.05, 4.69) is 10.3 Å². The van der Waals surface area contributed by atoms with Crippen molar-refractivity contribution in [3.05, 3.63) is 47.2 Å². The normalized spacial score (nSPS) is 10.6. The molecule has 1 N–H and O–H groups in total. The minimum Gasteiger partial charge on any atom is -0.494 e. The van der Waals surface area contributed by atoms with Crippen LogP contribution in [0, 0.1) is 6.92 Å². The SMILES string of the molecule is CCOc1ccc(OCC)c(NC(=O)Cc2nc(-c3cccs3)oc2C)c1. The first-order chi connectivity index (χ1) is 13.1. The second-order valence-corrected chi connectivity index (χ2v) is 6.70. The Hall–Kier alpha value is -2.80. The molecule has 0 saturated heterocycles. The predicted octanol–water partition coefficient (Wildman–Crippen LogP) is 4.69. The van der Waals surface area contributed by atoms with Gasteiger partial charge in [0.2, 0.25) is 11.8 Å². The van der Waals surface area contributed by atoms with E-state index in [1.807, 2.05) is 44.4 Å². The Balaban J connectivity index is 1.75. The quantitative estimate of drug-likeness (QED) is 0.608. The first kappa shape index (κ1) is 19.0. The predicted molar refractivity (Wildman–Crippen MR) is 106 cm³/mol. The van der Waals surface area contributed by atoms with Crippen molar-refractivity contribution in [2.24, 2.45) is 0 Å². The summed E-state index contributed by atoms with van der Waals surface area (Å²) >= 11 is 1.55. The summed E-state index contributed by atoms with van der Waals surface area (Å²) in [5.41, 5.74) is 1.20. The minimum atomic E-state index is -0.196. The van der Waals surface area contributed by atoms with Gasteiger partial charge >= 0.3 is 0 Å². The van der Waals surface area contributed by atoms with Gasteiger partial charge in [0.25, 0.3) is 0 Å². The Morgan fingerprint density at radius 2 is 2.04 bits per heavy atom. The molecule has 6 nitrogen and oxygen atoms in total. The highest BCUT2D eigenvalue weighted by atomic mass is 32.1. The van der Waals surface area contributed by atoms with Crippen molar-refractivity contribution in [2.75, 3.05) is 18.5 Å². The van der Waals surface area contributed by atoms with Gasteiger partial charge in [-0.3, -0.25) is 4.79 Å². The number of anilines is 1. The Kier molecular flexibility index (Phi) is 6.13. The zero-order valence-electron chi connectivity index (χ0n) is 15.6.